The van der Waals surface area contributed by atoms with Gasteiger partial charge in [0.15, 0.2) is 0 Å². The summed E-state index contributed by atoms with van der Waals surface area (Å²) in [4.78, 5) is 25.0. The van der Waals surface area contributed by atoms with Gasteiger partial charge in [0.1, 0.15) is 5.82 Å². The molecule has 8 heteroatoms. The number of aromatic nitrogens is 1. The van der Waals surface area contributed by atoms with Gasteiger partial charge in [0.25, 0.3) is 0 Å². The number of nitrogens with one attached hydrogen (secondary N) is 3. The Labute approximate surface area is 217 Å². The highest BCUT2D eigenvalue weighted by molar-refractivity contribution is 5.91. The maximum atomic E-state index is 12.5. The van der Waals surface area contributed by atoms with Crippen LogP contribution in [0.3, 0.4) is 0 Å². The molecule has 0 saturated carbocycles. The lowest BCUT2D eigenvalue weighted by molar-refractivity contribution is -0.120. The summed E-state index contributed by atoms with van der Waals surface area (Å²) in [5, 5.41) is 9.83. The summed E-state index contributed by atoms with van der Waals surface area (Å²) in [5.41, 5.74) is 1.17. The van der Waals surface area contributed by atoms with Gasteiger partial charge in [-0.25, -0.2) is 4.98 Å². The second-order valence-corrected chi connectivity index (χ2v) is 11.6. The van der Waals surface area contributed by atoms with Crippen LogP contribution < -0.4 is 20.9 Å². The largest absolute Gasteiger partial charge is 0.370 e. The zero-order valence-corrected chi connectivity index (χ0v) is 22.3. The fourth-order valence-corrected chi connectivity index (χ4v) is 6.60. The van der Waals surface area contributed by atoms with Crippen LogP contribution in [0.1, 0.15) is 45.4 Å². The van der Waals surface area contributed by atoms with E-state index in [0.717, 1.165) is 50.9 Å². The lowest BCUT2D eigenvalue weighted by Crippen LogP contribution is -2.54. The molecule has 8 nitrogen and oxygen atoms in total. The highest BCUT2D eigenvalue weighted by Crippen LogP contribution is 2.26. The Morgan fingerprint density at radius 2 is 1.61 bits per heavy atom. The SMILES string of the molecule is CC1CN(CC2CCNCC2)CCN1CC1CCN(c2ccc(NC(=O)C3CCNCC3)nc2)CC1. The number of carbonyl (C=O) groups excluding carboxylic acids is 1. The van der Waals surface area contributed by atoms with Crippen LogP contribution in [0.5, 0.6) is 0 Å². The molecular formula is C28H47N7O. The van der Waals surface area contributed by atoms with Gasteiger partial charge in [-0.05, 0) is 95.6 Å². The van der Waals surface area contributed by atoms with Crippen molar-refractivity contribution in [2.75, 3.05) is 82.2 Å². The molecule has 4 aliphatic rings. The first-order valence-corrected chi connectivity index (χ1v) is 14.5. The molecule has 0 radical (unpaired) electrons. The first-order chi connectivity index (χ1) is 17.6. The molecule has 4 aliphatic heterocycles. The molecule has 4 fully saturated rings. The number of anilines is 2. The minimum absolute atomic E-state index is 0.104. The highest BCUT2D eigenvalue weighted by atomic mass is 16.1. The summed E-state index contributed by atoms with van der Waals surface area (Å²) < 4.78 is 0. The van der Waals surface area contributed by atoms with Gasteiger partial charge in [-0.3, -0.25) is 9.69 Å². The normalized spacial score (nSPS) is 26.2. The molecule has 1 amide bonds. The fourth-order valence-electron chi connectivity index (χ4n) is 6.60. The Hall–Kier alpha value is -1.74. The van der Waals surface area contributed by atoms with Gasteiger partial charge in [-0.2, -0.15) is 0 Å². The smallest absolute Gasteiger partial charge is 0.228 e. The molecule has 1 aromatic heterocycles. The average Bonchev–Trinajstić information content (AvgIpc) is 2.92. The van der Waals surface area contributed by atoms with E-state index in [9.17, 15) is 4.79 Å². The van der Waals surface area contributed by atoms with Crippen LogP contribution in [0.25, 0.3) is 0 Å². The number of hydrogen-bond donors (Lipinski definition) is 3. The molecule has 0 spiro atoms. The van der Waals surface area contributed by atoms with E-state index in [2.05, 4.69) is 48.6 Å². The van der Waals surface area contributed by atoms with Crippen LogP contribution in [-0.2, 0) is 4.79 Å². The molecule has 0 aromatic carbocycles. The van der Waals surface area contributed by atoms with E-state index < -0.39 is 0 Å². The summed E-state index contributed by atoms with van der Waals surface area (Å²) in [7, 11) is 0. The van der Waals surface area contributed by atoms with Crippen molar-refractivity contribution in [3.05, 3.63) is 18.3 Å². The summed E-state index contributed by atoms with van der Waals surface area (Å²) in [6.45, 7) is 15.1. The van der Waals surface area contributed by atoms with E-state index in [1.807, 2.05) is 12.3 Å². The van der Waals surface area contributed by atoms with E-state index in [1.165, 1.54) is 77.2 Å². The van der Waals surface area contributed by atoms with E-state index in [4.69, 9.17) is 0 Å². The van der Waals surface area contributed by atoms with Crippen LogP contribution in [0, 0.1) is 17.8 Å². The van der Waals surface area contributed by atoms with E-state index in [1.54, 1.807) is 0 Å². The monoisotopic (exact) mass is 497 g/mol. The zero-order chi connectivity index (χ0) is 24.7. The van der Waals surface area contributed by atoms with Gasteiger partial charge in [0.2, 0.25) is 5.91 Å². The predicted molar refractivity (Wildman–Crippen MR) is 146 cm³/mol. The van der Waals surface area contributed by atoms with E-state index >= 15 is 0 Å². The molecule has 1 unspecified atom stereocenters. The number of nitrogens with zero attached hydrogens (tertiary/aromatic N) is 4. The maximum absolute atomic E-state index is 12.5. The third-order valence-corrected chi connectivity index (χ3v) is 9.01. The molecule has 5 rings (SSSR count). The Bertz CT molecular complexity index is 814. The molecule has 4 saturated heterocycles. The van der Waals surface area contributed by atoms with Crippen molar-refractivity contribution in [1.29, 1.82) is 0 Å². The Morgan fingerprint density at radius 1 is 0.917 bits per heavy atom. The number of pyridine rings is 1. The van der Waals surface area contributed by atoms with Crippen molar-refractivity contribution >= 4 is 17.4 Å². The molecule has 200 valence electrons. The van der Waals surface area contributed by atoms with Crippen molar-refractivity contribution in [3.63, 3.8) is 0 Å². The van der Waals surface area contributed by atoms with Gasteiger partial charge >= 0.3 is 0 Å². The minimum atomic E-state index is 0.104. The van der Waals surface area contributed by atoms with Gasteiger partial charge in [-0.1, -0.05) is 0 Å². The Balaban J connectivity index is 1.02. The Kier molecular flexibility index (Phi) is 9.11. The number of rotatable bonds is 7. The first-order valence-electron chi connectivity index (χ1n) is 14.5. The molecule has 0 bridgehead atoms. The minimum Gasteiger partial charge on any atom is -0.370 e. The number of hydrogen-bond acceptors (Lipinski definition) is 7. The fraction of sp³-hybridized carbons (Fsp3) is 0.786. The summed E-state index contributed by atoms with van der Waals surface area (Å²) >= 11 is 0. The molecule has 5 heterocycles. The zero-order valence-electron chi connectivity index (χ0n) is 22.3. The third-order valence-electron chi connectivity index (χ3n) is 9.01. The van der Waals surface area contributed by atoms with E-state index in [-0.39, 0.29) is 11.8 Å². The third kappa shape index (κ3) is 6.97. The van der Waals surface area contributed by atoms with Crippen LogP contribution >= 0.6 is 0 Å². The molecule has 36 heavy (non-hydrogen) atoms. The summed E-state index contributed by atoms with van der Waals surface area (Å²) in [5.74, 6) is 2.57. The van der Waals surface area contributed by atoms with Crippen molar-refractivity contribution in [2.45, 2.75) is 51.5 Å². The standard InChI is InChI=1S/C28H47N7O/c1-22-19-33(20-23-4-10-29-11-5-23)16-17-35(22)21-24-8-14-34(15-9-24)26-2-3-27(31-18-26)32-28(36)25-6-12-30-13-7-25/h2-3,18,22-25,29-30H,4-17,19-21H2,1H3,(H,31,32,36). The Morgan fingerprint density at radius 3 is 2.28 bits per heavy atom. The highest BCUT2D eigenvalue weighted by Gasteiger charge is 2.29. The summed E-state index contributed by atoms with van der Waals surface area (Å²) in [6, 6.07) is 4.75. The van der Waals surface area contributed by atoms with Crippen LogP contribution in [-0.4, -0.2) is 98.7 Å². The molecule has 1 aromatic rings. The number of carbonyl (C=O) groups is 1. The molecule has 1 atom stereocenters. The second kappa shape index (κ2) is 12.7. The molecular weight excluding hydrogens is 450 g/mol. The lowest BCUT2D eigenvalue weighted by Gasteiger charge is -2.44. The quantitative estimate of drug-likeness (QED) is 0.533. The van der Waals surface area contributed by atoms with Gasteiger partial charge in [0, 0.05) is 57.8 Å². The molecule has 3 N–H and O–H groups in total. The summed E-state index contributed by atoms with van der Waals surface area (Å²) in [6.07, 6.45) is 8.93. The molecule has 0 aliphatic carbocycles. The van der Waals surface area contributed by atoms with Crippen molar-refractivity contribution in [3.8, 4) is 0 Å². The van der Waals surface area contributed by atoms with Gasteiger partial charge in [0.05, 0.1) is 11.9 Å². The van der Waals surface area contributed by atoms with E-state index in [0.29, 0.717) is 11.9 Å². The van der Waals surface area contributed by atoms with Crippen molar-refractivity contribution in [2.24, 2.45) is 17.8 Å². The van der Waals surface area contributed by atoms with Crippen LogP contribution in [0.4, 0.5) is 11.5 Å². The number of amides is 1. The number of piperidine rings is 3. The van der Waals surface area contributed by atoms with Crippen LogP contribution in [0.2, 0.25) is 0 Å². The average molecular weight is 498 g/mol. The van der Waals surface area contributed by atoms with Crippen molar-refractivity contribution < 1.29 is 4.79 Å². The second-order valence-electron chi connectivity index (χ2n) is 11.6. The predicted octanol–water partition coefficient (Wildman–Crippen LogP) is 2.24. The van der Waals surface area contributed by atoms with Crippen molar-refractivity contribution in [1.82, 2.24) is 25.4 Å². The lowest BCUT2D eigenvalue weighted by atomic mass is 9.94. The number of piperazine rings is 1. The first kappa shape index (κ1) is 25.9. The topological polar surface area (TPSA) is 75.8 Å². The van der Waals surface area contributed by atoms with Gasteiger partial charge < -0.3 is 25.8 Å². The maximum Gasteiger partial charge on any atom is 0.228 e. The van der Waals surface area contributed by atoms with Gasteiger partial charge in [-0.15, -0.1) is 0 Å². The van der Waals surface area contributed by atoms with Crippen LogP contribution in [0.15, 0.2) is 18.3 Å².